The molecule has 1 N–H and O–H groups in total. The zero-order valence-corrected chi connectivity index (χ0v) is 10.4. The molecule has 0 amide bonds. The number of aromatic hydroxyl groups is 1. The number of halogens is 1. The molecule has 1 heterocycles. The molecule has 18 heavy (non-hydrogen) atoms. The molecule has 0 saturated carbocycles. The van der Waals surface area contributed by atoms with E-state index >= 15 is 0 Å². The Kier molecular flexibility index (Phi) is 2.45. The molecule has 0 unspecified atom stereocenters. The van der Waals surface area contributed by atoms with Gasteiger partial charge in [-0.15, -0.1) is 5.10 Å². The van der Waals surface area contributed by atoms with Gasteiger partial charge in [0.15, 0.2) is 5.15 Å². The number of phenols is 1. The van der Waals surface area contributed by atoms with Gasteiger partial charge in [-0.25, -0.2) is 4.68 Å². The van der Waals surface area contributed by atoms with Crippen molar-refractivity contribution in [3.05, 3.63) is 41.6 Å². The molecule has 0 atom stereocenters. The second-order valence-electron chi connectivity index (χ2n) is 4.10. The maximum atomic E-state index is 9.42. The van der Waals surface area contributed by atoms with E-state index in [4.69, 9.17) is 11.6 Å². The van der Waals surface area contributed by atoms with Crippen molar-refractivity contribution in [3.8, 4) is 17.0 Å². The molecule has 0 saturated heterocycles. The Balaban J connectivity index is 2.19. The van der Waals surface area contributed by atoms with E-state index in [0.717, 1.165) is 16.3 Å². The van der Waals surface area contributed by atoms with Crippen LogP contribution in [0.1, 0.15) is 0 Å². The molecule has 5 heteroatoms. The van der Waals surface area contributed by atoms with Crippen LogP contribution in [-0.4, -0.2) is 20.1 Å². The van der Waals surface area contributed by atoms with Gasteiger partial charge in [0, 0.05) is 12.6 Å². The van der Waals surface area contributed by atoms with Gasteiger partial charge < -0.3 is 5.11 Å². The third kappa shape index (κ3) is 1.71. The largest absolute Gasteiger partial charge is 0.508 e. The van der Waals surface area contributed by atoms with Gasteiger partial charge in [-0.3, -0.25) is 0 Å². The average Bonchev–Trinajstić information content (AvgIpc) is 2.69. The molecule has 2 aromatic carbocycles. The van der Waals surface area contributed by atoms with Crippen LogP contribution < -0.4 is 0 Å². The number of benzene rings is 2. The Bertz CT molecular complexity index is 736. The number of rotatable bonds is 1. The fourth-order valence-electron chi connectivity index (χ4n) is 1.90. The number of aromatic nitrogens is 3. The van der Waals surface area contributed by atoms with E-state index in [2.05, 4.69) is 10.3 Å². The van der Waals surface area contributed by atoms with Crippen LogP contribution >= 0.6 is 11.6 Å². The Morgan fingerprint density at radius 3 is 2.56 bits per heavy atom. The summed E-state index contributed by atoms with van der Waals surface area (Å²) in [6.45, 7) is 0. The van der Waals surface area contributed by atoms with Crippen molar-refractivity contribution >= 4 is 22.4 Å². The minimum atomic E-state index is 0.257. The molecule has 3 aromatic rings. The predicted octanol–water partition coefficient (Wildman–Crippen LogP) is 2.99. The number of nitrogens with zero attached hydrogens (tertiary/aromatic N) is 3. The minimum absolute atomic E-state index is 0.257. The lowest BCUT2D eigenvalue weighted by atomic mass is 10.1. The molecular formula is C13H10ClN3O. The smallest absolute Gasteiger partial charge is 0.154 e. The summed E-state index contributed by atoms with van der Waals surface area (Å²) >= 11 is 6.12. The zero-order valence-electron chi connectivity index (χ0n) is 9.63. The summed E-state index contributed by atoms with van der Waals surface area (Å²) in [4.78, 5) is 0. The van der Waals surface area contributed by atoms with E-state index in [-0.39, 0.29) is 5.75 Å². The average molecular weight is 260 g/mol. The summed E-state index contributed by atoms with van der Waals surface area (Å²) in [5.74, 6) is 0.257. The van der Waals surface area contributed by atoms with Crippen LogP contribution in [-0.2, 0) is 7.05 Å². The second-order valence-corrected chi connectivity index (χ2v) is 4.46. The lowest BCUT2D eigenvalue weighted by Crippen LogP contribution is -1.88. The van der Waals surface area contributed by atoms with E-state index in [1.807, 2.05) is 24.3 Å². The molecule has 3 rings (SSSR count). The van der Waals surface area contributed by atoms with Gasteiger partial charge in [0.25, 0.3) is 0 Å². The SMILES string of the molecule is Cn1nnc(-c2ccc3cc(O)ccc3c2)c1Cl. The molecule has 4 nitrogen and oxygen atoms in total. The summed E-state index contributed by atoms with van der Waals surface area (Å²) in [5, 5.41) is 19.8. The van der Waals surface area contributed by atoms with Crippen LogP contribution in [0.4, 0.5) is 0 Å². The van der Waals surface area contributed by atoms with E-state index < -0.39 is 0 Å². The highest BCUT2D eigenvalue weighted by atomic mass is 35.5. The van der Waals surface area contributed by atoms with Crippen LogP contribution in [0.3, 0.4) is 0 Å². The molecule has 1 aromatic heterocycles. The molecule has 0 spiro atoms. The summed E-state index contributed by atoms with van der Waals surface area (Å²) in [6, 6.07) is 11.1. The Labute approximate surface area is 108 Å². The topological polar surface area (TPSA) is 50.9 Å². The standard InChI is InChI=1S/C13H10ClN3O/c1-17-13(14)12(15-16-17)10-3-2-9-7-11(18)5-4-8(9)6-10/h2-7,18H,1H3. The third-order valence-electron chi connectivity index (χ3n) is 2.86. The van der Waals surface area contributed by atoms with Crippen molar-refractivity contribution in [2.75, 3.05) is 0 Å². The molecular weight excluding hydrogens is 250 g/mol. The lowest BCUT2D eigenvalue weighted by molar-refractivity contribution is 0.476. The number of aryl methyl sites for hydroxylation is 1. The number of hydrogen-bond acceptors (Lipinski definition) is 3. The monoisotopic (exact) mass is 259 g/mol. The quantitative estimate of drug-likeness (QED) is 0.731. The first-order valence-corrected chi connectivity index (χ1v) is 5.81. The fraction of sp³-hybridized carbons (Fsp3) is 0.0769. The summed E-state index contributed by atoms with van der Waals surface area (Å²) < 4.78 is 1.53. The fourth-order valence-corrected chi connectivity index (χ4v) is 2.08. The number of fused-ring (bicyclic) bond motifs is 1. The van der Waals surface area contributed by atoms with Gasteiger partial charge in [-0.2, -0.15) is 0 Å². The highest BCUT2D eigenvalue weighted by Crippen LogP contribution is 2.29. The van der Waals surface area contributed by atoms with E-state index in [1.165, 1.54) is 4.68 Å². The van der Waals surface area contributed by atoms with Crippen molar-refractivity contribution in [2.45, 2.75) is 0 Å². The van der Waals surface area contributed by atoms with Crippen molar-refractivity contribution in [2.24, 2.45) is 7.05 Å². The first-order chi connectivity index (χ1) is 8.65. The highest BCUT2D eigenvalue weighted by molar-refractivity contribution is 6.32. The maximum Gasteiger partial charge on any atom is 0.154 e. The van der Waals surface area contributed by atoms with Gasteiger partial charge in [-0.1, -0.05) is 35.0 Å². The summed E-state index contributed by atoms with van der Waals surface area (Å²) in [5.41, 5.74) is 1.57. The van der Waals surface area contributed by atoms with Gasteiger partial charge >= 0.3 is 0 Å². The predicted molar refractivity (Wildman–Crippen MR) is 70.6 cm³/mol. The van der Waals surface area contributed by atoms with Crippen molar-refractivity contribution < 1.29 is 5.11 Å². The van der Waals surface area contributed by atoms with E-state index in [9.17, 15) is 5.11 Å². The van der Waals surface area contributed by atoms with Crippen molar-refractivity contribution in [3.63, 3.8) is 0 Å². The van der Waals surface area contributed by atoms with Gasteiger partial charge in [-0.05, 0) is 29.0 Å². The Hall–Kier alpha value is -2.07. The van der Waals surface area contributed by atoms with E-state index in [0.29, 0.717) is 10.8 Å². The Morgan fingerprint density at radius 1 is 1.11 bits per heavy atom. The van der Waals surface area contributed by atoms with Gasteiger partial charge in [0.05, 0.1) is 0 Å². The molecule has 0 bridgehead atoms. The highest BCUT2D eigenvalue weighted by Gasteiger charge is 2.10. The van der Waals surface area contributed by atoms with Crippen molar-refractivity contribution in [1.82, 2.24) is 15.0 Å². The minimum Gasteiger partial charge on any atom is -0.508 e. The van der Waals surface area contributed by atoms with Crippen LogP contribution in [0.15, 0.2) is 36.4 Å². The Morgan fingerprint density at radius 2 is 1.83 bits per heavy atom. The first-order valence-electron chi connectivity index (χ1n) is 5.43. The molecule has 0 aliphatic rings. The molecule has 0 aliphatic carbocycles. The zero-order chi connectivity index (χ0) is 12.7. The third-order valence-corrected chi connectivity index (χ3v) is 3.28. The second kappa shape index (κ2) is 3.99. The molecule has 0 aliphatic heterocycles. The van der Waals surface area contributed by atoms with Crippen LogP contribution in [0.2, 0.25) is 5.15 Å². The van der Waals surface area contributed by atoms with Crippen LogP contribution in [0, 0.1) is 0 Å². The van der Waals surface area contributed by atoms with Gasteiger partial charge in [0.2, 0.25) is 0 Å². The number of hydrogen-bond donors (Lipinski definition) is 1. The van der Waals surface area contributed by atoms with Gasteiger partial charge in [0.1, 0.15) is 11.4 Å². The lowest BCUT2D eigenvalue weighted by Gasteiger charge is -2.02. The number of phenolic OH excluding ortho intramolecular Hbond substituents is 1. The normalized spacial score (nSPS) is 11.0. The summed E-state index contributed by atoms with van der Waals surface area (Å²) in [7, 11) is 1.75. The van der Waals surface area contributed by atoms with Crippen molar-refractivity contribution in [1.29, 1.82) is 0 Å². The van der Waals surface area contributed by atoms with Crippen LogP contribution in [0.25, 0.3) is 22.0 Å². The van der Waals surface area contributed by atoms with E-state index in [1.54, 1.807) is 19.2 Å². The summed E-state index contributed by atoms with van der Waals surface area (Å²) in [6.07, 6.45) is 0. The molecule has 0 fully saturated rings. The molecule has 90 valence electrons. The van der Waals surface area contributed by atoms with Crippen LogP contribution in [0.5, 0.6) is 5.75 Å². The molecule has 0 radical (unpaired) electrons. The first kappa shape index (κ1) is 11.0. The maximum absolute atomic E-state index is 9.42.